The van der Waals surface area contributed by atoms with Crippen molar-refractivity contribution < 1.29 is 4.74 Å². The Kier molecular flexibility index (Phi) is 2.02. The number of fused-ring (bicyclic) bond motifs is 1. The Hall–Kier alpha value is -1.36. The first-order valence-electron chi connectivity index (χ1n) is 4.18. The van der Waals surface area contributed by atoms with Gasteiger partial charge in [0.25, 0.3) is 0 Å². The van der Waals surface area contributed by atoms with Crippen molar-refractivity contribution in [3.8, 4) is 5.88 Å². The van der Waals surface area contributed by atoms with Gasteiger partial charge in [-0.25, -0.2) is 4.79 Å². The van der Waals surface area contributed by atoms with Crippen LogP contribution in [0.3, 0.4) is 0 Å². The van der Waals surface area contributed by atoms with Crippen LogP contribution in [0.4, 0.5) is 0 Å². The number of ether oxygens (including phenoxy) is 1. The van der Waals surface area contributed by atoms with E-state index in [0.29, 0.717) is 12.4 Å². The summed E-state index contributed by atoms with van der Waals surface area (Å²) in [7, 11) is 1.52. The smallest absolute Gasteiger partial charge is 0.348 e. The van der Waals surface area contributed by atoms with E-state index >= 15 is 0 Å². The quantitative estimate of drug-likeness (QED) is 0.608. The molecule has 0 amide bonds. The summed E-state index contributed by atoms with van der Waals surface area (Å²) in [5, 5.41) is 3.19. The number of H-pyrrole nitrogens is 1. The molecule has 0 fully saturated rings. The normalized spacial score (nSPS) is 15.2. The van der Waals surface area contributed by atoms with Crippen molar-refractivity contribution in [2.24, 2.45) is 0 Å². The molecule has 0 atom stereocenters. The van der Waals surface area contributed by atoms with Crippen LogP contribution in [0.1, 0.15) is 11.3 Å². The highest BCUT2D eigenvalue weighted by Crippen LogP contribution is 2.18. The van der Waals surface area contributed by atoms with Gasteiger partial charge in [-0.05, 0) is 0 Å². The molecule has 0 radical (unpaired) electrons. The third-order valence-corrected chi connectivity index (χ3v) is 2.13. The van der Waals surface area contributed by atoms with Gasteiger partial charge >= 0.3 is 5.69 Å². The highest BCUT2D eigenvalue weighted by Gasteiger charge is 2.15. The molecular formula is C8H11N3O2. The van der Waals surface area contributed by atoms with E-state index in [-0.39, 0.29) is 5.69 Å². The van der Waals surface area contributed by atoms with E-state index in [1.54, 1.807) is 0 Å². The summed E-state index contributed by atoms with van der Waals surface area (Å²) in [6.07, 6.45) is 0.823. The lowest BCUT2D eigenvalue weighted by atomic mass is 10.1. The summed E-state index contributed by atoms with van der Waals surface area (Å²) in [4.78, 5) is 17.5. The van der Waals surface area contributed by atoms with Gasteiger partial charge < -0.3 is 15.0 Å². The summed E-state index contributed by atoms with van der Waals surface area (Å²) in [5.41, 5.74) is 1.57. The summed E-state index contributed by atoms with van der Waals surface area (Å²) >= 11 is 0. The van der Waals surface area contributed by atoms with Crippen molar-refractivity contribution in [1.29, 1.82) is 0 Å². The van der Waals surface area contributed by atoms with Crippen molar-refractivity contribution in [3.05, 3.63) is 21.7 Å². The zero-order valence-electron chi connectivity index (χ0n) is 7.39. The molecule has 13 heavy (non-hydrogen) atoms. The van der Waals surface area contributed by atoms with Crippen LogP contribution in [-0.4, -0.2) is 23.6 Å². The Balaban J connectivity index is 2.57. The van der Waals surface area contributed by atoms with E-state index in [4.69, 9.17) is 4.74 Å². The third kappa shape index (κ3) is 1.42. The number of hydrogen-bond donors (Lipinski definition) is 2. The lowest BCUT2D eigenvalue weighted by molar-refractivity contribution is 0.383. The Bertz CT molecular complexity index is 352. The molecule has 5 heteroatoms. The average Bonchev–Trinajstić information content (AvgIpc) is 2.16. The predicted molar refractivity (Wildman–Crippen MR) is 46.8 cm³/mol. The summed E-state index contributed by atoms with van der Waals surface area (Å²) in [5.74, 6) is 0.436. The van der Waals surface area contributed by atoms with Crippen LogP contribution in [0.5, 0.6) is 5.88 Å². The molecule has 1 aromatic rings. The van der Waals surface area contributed by atoms with Gasteiger partial charge in [0, 0.05) is 30.8 Å². The minimum absolute atomic E-state index is 0.336. The van der Waals surface area contributed by atoms with E-state index in [1.165, 1.54) is 7.11 Å². The SMILES string of the molecule is COc1nc(=O)[nH]c2c1CNCC2. The van der Waals surface area contributed by atoms with Crippen molar-refractivity contribution >= 4 is 0 Å². The van der Waals surface area contributed by atoms with Gasteiger partial charge in [-0.2, -0.15) is 4.98 Å². The Morgan fingerprint density at radius 2 is 2.38 bits per heavy atom. The Morgan fingerprint density at radius 3 is 3.15 bits per heavy atom. The monoisotopic (exact) mass is 181 g/mol. The topological polar surface area (TPSA) is 67.0 Å². The number of nitrogens with zero attached hydrogens (tertiary/aromatic N) is 1. The van der Waals surface area contributed by atoms with Crippen molar-refractivity contribution in [2.45, 2.75) is 13.0 Å². The Morgan fingerprint density at radius 1 is 1.54 bits per heavy atom. The van der Waals surface area contributed by atoms with E-state index in [0.717, 1.165) is 24.2 Å². The molecule has 0 bridgehead atoms. The molecule has 2 N–H and O–H groups in total. The van der Waals surface area contributed by atoms with Gasteiger partial charge in [0.05, 0.1) is 7.11 Å². The minimum Gasteiger partial charge on any atom is -0.481 e. The molecule has 0 aliphatic carbocycles. The van der Waals surface area contributed by atoms with Crippen LogP contribution >= 0.6 is 0 Å². The number of aromatic nitrogens is 2. The lowest BCUT2D eigenvalue weighted by Crippen LogP contribution is -2.29. The molecule has 5 nitrogen and oxygen atoms in total. The first kappa shape index (κ1) is 8.25. The molecule has 0 aromatic carbocycles. The molecule has 70 valence electrons. The molecule has 2 rings (SSSR count). The van der Waals surface area contributed by atoms with Gasteiger partial charge in [-0.1, -0.05) is 0 Å². The van der Waals surface area contributed by atoms with E-state index in [1.807, 2.05) is 0 Å². The van der Waals surface area contributed by atoms with Crippen LogP contribution < -0.4 is 15.7 Å². The van der Waals surface area contributed by atoms with Crippen LogP contribution in [0.25, 0.3) is 0 Å². The highest BCUT2D eigenvalue weighted by atomic mass is 16.5. The number of rotatable bonds is 1. The van der Waals surface area contributed by atoms with Crippen LogP contribution in [0, 0.1) is 0 Å². The molecule has 0 saturated heterocycles. The third-order valence-electron chi connectivity index (χ3n) is 2.13. The summed E-state index contributed by atoms with van der Waals surface area (Å²) in [6.45, 7) is 1.60. The zero-order chi connectivity index (χ0) is 9.26. The van der Waals surface area contributed by atoms with Gasteiger partial charge in [-0.15, -0.1) is 0 Å². The van der Waals surface area contributed by atoms with Gasteiger partial charge in [0.2, 0.25) is 5.88 Å². The van der Waals surface area contributed by atoms with Gasteiger partial charge in [0.15, 0.2) is 0 Å². The molecule has 2 heterocycles. The highest BCUT2D eigenvalue weighted by molar-refractivity contribution is 5.31. The molecule has 0 saturated carbocycles. The number of hydrogen-bond acceptors (Lipinski definition) is 4. The second-order valence-electron chi connectivity index (χ2n) is 2.94. The maximum Gasteiger partial charge on any atom is 0.348 e. The van der Waals surface area contributed by atoms with Crippen LogP contribution in [-0.2, 0) is 13.0 Å². The largest absolute Gasteiger partial charge is 0.481 e. The molecule has 0 spiro atoms. The average molecular weight is 181 g/mol. The van der Waals surface area contributed by atoms with Crippen molar-refractivity contribution in [2.75, 3.05) is 13.7 Å². The van der Waals surface area contributed by atoms with E-state index in [2.05, 4.69) is 15.3 Å². The second kappa shape index (κ2) is 3.18. The maximum atomic E-state index is 11.1. The van der Waals surface area contributed by atoms with E-state index < -0.39 is 0 Å². The number of nitrogens with one attached hydrogen (secondary N) is 2. The first-order chi connectivity index (χ1) is 6.31. The van der Waals surface area contributed by atoms with Crippen LogP contribution in [0.15, 0.2) is 4.79 Å². The minimum atomic E-state index is -0.336. The van der Waals surface area contributed by atoms with Crippen molar-refractivity contribution in [3.63, 3.8) is 0 Å². The van der Waals surface area contributed by atoms with Gasteiger partial charge in [-0.3, -0.25) is 0 Å². The van der Waals surface area contributed by atoms with Crippen molar-refractivity contribution in [1.82, 2.24) is 15.3 Å². The van der Waals surface area contributed by atoms with E-state index in [9.17, 15) is 4.79 Å². The first-order valence-corrected chi connectivity index (χ1v) is 4.18. The van der Waals surface area contributed by atoms with Crippen LogP contribution in [0.2, 0.25) is 0 Å². The lowest BCUT2D eigenvalue weighted by Gasteiger charge is -2.17. The molecular weight excluding hydrogens is 170 g/mol. The summed E-state index contributed by atoms with van der Waals surface area (Å²) in [6, 6.07) is 0. The fourth-order valence-electron chi connectivity index (χ4n) is 1.51. The fraction of sp³-hybridized carbons (Fsp3) is 0.500. The summed E-state index contributed by atoms with van der Waals surface area (Å²) < 4.78 is 5.02. The molecule has 1 aliphatic heterocycles. The standard InChI is InChI=1S/C8H11N3O2/c1-13-7-5-4-9-3-2-6(5)10-8(12)11-7/h9H,2-4H2,1H3,(H,10,11,12). The molecule has 1 aliphatic rings. The Labute approximate surface area is 75.1 Å². The maximum absolute atomic E-state index is 11.1. The number of methoxy groups -OCH3 is 1. The molecule has 1 aromatic heterocycles. The number of aromatic amines is 1. The second-order valence-corrected chi connectivity index (χ2v) is 2.94. The molecule has 0 unspecified atom stereocenters. The fourth-order valence-corrected chi connectivity index (χ4v) is 1.51. The van der Waals surface area contributed by atoms with Gasteiger partial charge in [0.1, 0.15) is 0 Å². The zero-order valence-corrected chi connectivity index (χ0v) is 7.39. The predicted octanol–water partition coefficient (Wildman–Crippen LogP) is -0.576.